The lowest BCUT2D eigenvalue weighted by Crippen LogP contribution is -2.18. The molecule has 1 unspecified atom stereocenters. The molecule has 0 spiro atoms. The summed E-state index contributed by atoms with van der Waals surface area (Å²) in [5.74, 6) is 0. The molecule has 0 bridgehead atoms. The summed E-state index contributed by atoms with van der Waals surface area (Å²) in [5, 5.41) is 4.69. The van der Waals surface area contributed by atoms with E-state index in [1.54, 1.807) is 6.07 Å². The summed E-state index contributed by atoms with van der Waals surface area (Å²) in [4.78, 5) is 0. The third kappa shape index (κ3) is 3.18. The van der Waals surface area contributed by atoms with Crippen molar-refractivity contribution in [2.24, 2.45) is 0 Å². The quantitative estimate of drug-likeness (QED) is 0.733. The lowest BCUT2D eigenvalue weighted by atomic mass is 9.99. The van der Waals surface area contributed by atoms with E-state index in [1.807, 2.05) is 19.2 Å². The Kier molecular flexibility index (Phi) is 4.90. The van der Waals surface area contributed by atoms with E-state index in [0.717, 1.165) is 10.6 Å². The molecule has 0 aromatic heterocycles. The molecule has 1 atom stereocenters. The molecule has 18 heavy (non-hydrogen) atoms. The van der Waals surface area contributed by atoms with Crippen molar-refractivity contribution in [3.05, 3.63) is 67.2 Å². The Balaban J connectivity index is 2.44. The normalized spacial score (nSPS) is 12.4. The molecule has 0 fully saturated rings. The van der Waals surface area contributed by atoms with Crippen LogP contribution in [0.25, 0.3) is 0 Å². The van der Waals surface area contributed by atoms with E-state index in [1.165, 1.54) is 9.13 Å². The fourth-order valence-corrected chi connectivity index (χ4v) is 2.66. The highest BCUT2D eigenvalue weighted by Gasteiger charge is 2.15. The van der Waals surface area contributed by atoms with Crippen molar-refractivity contribution in [1.82, 2.24) is 5.32 Å². The smallest absolute Gasteiger partial charge is 0.0589 e. The molecule has 0 aliphatic rings. The highest BCUT2D eigenvalue weighted by Crippen LogP contribution is 2.30. The minimum atomic E-state index is 0.0493. The van der Waals surface area contributed by atoms with Gasteiger partial charge in [-0.2, -0.15) is 0 Å². The lowest BCUT2D eigenvalue weighted by Gasteiger charge is -2.19. The van der Waals surface area contributed by atoms with E-state index in [2.05, 4.69) is 52.2 Å². The average Bonchev–Trinajstić information content (AvgIpc) is 2.37. The van der Waals surface area contributed by atoms with Crippen molar-refractivity contribution in [2.45, 2.75) is 6.04 Å². The van der Waals surface area contributed by atoms with Gasteiger partial charge in [-0.05, 0) is 71.1 Å². The molecular formula is C14H12Cl2IN. The zero-order valence-electron chi connectivity index (χ0n) is 9.75. The van der Waals surface area contributed by atoms with Crippen molar-refractivity contribution in [3.8, 4) is 0 Å². The Morgan fingerprint density at radius 3 is 2.33 bits per heavy atom. The average molecular weight is 392 g/mol. The number of benzene rings is 2. The van der Waals surface area contributed by atoms with E-state index in [-0.39, 0.29) is 6.04 Å². The molecule has 0 amide bonds. The fraction of sp³-hybridized carbons (Fsp3) is 0.143. The molecule has 2 aromatic rings. The van der Waals surface area contributed by atoms with Crippen molar-refractivity contribution in [1.29, 1.82) is 0 Å². The molecule has 0 heterocycles. The van der Waals surface area contributed by atoms with Gasteiger partial charge in [0.1, 0.15) is 0 Å². The van der Waals surface area contributed by atoms with Gasteiger partial charge >= 0.3 is 0 Å². The molecule has 0 aliphatic carbocycles. The van der Waals surface area contributed by atoms with Crippen LogP contribution < -0.4 is 5.32 Å². The summed E-state index contributed by atoms with van der Waals surface area (Å²) in [6.45, 7) is 0. The van der Waals surface area contributed by atoms with Gasteiger partial charge in [0.05, 0.1) is 6.04 Å². The Bertz CT molecular complexity index is 540. The molecule has 94 valence electrons. The zero-order chi connectivity index (χ0) is 13.1. The summed E-state index contributed by atoms with van der Waals surface area (Å²) >= 11 is 14.6. The molecule has 0 aliphatic heterocycles. The largest absolute Gasteiger partial charge is 0.309 e. The summed E-state index contributed by atoms with van der Waals surface area (Å²) < 4.78 is 1.21. The Labute approximate surface area is 131 Å². The van der Waals surface area contributed by atoms with Gasteiger partial charge in [0.25, 0.3) is 0 Å². The van der Waals surface area contributed by atoms with Crippen molar-refractivity contribution >= 4 is 45.8 Å². The first-order valence-corrected chi connectivity index (χ1v) is 7.33. The second kappa shape index (κ2) is 6.24. The van der Waals surface area contributed by atoms with Gasteiger partial charge in [-0.15, -0.1) is 0 Å². The number of hydrogen-bond acceptors (Lipinski definition) is 1. The summed E-state index contributed by atoms with van der Waals surface area (Å²) in [6.07, 6.45) is 0. The molecule has 1 N–H and O–H groups in total. The summed E-state index contributed by atoms with van der Waals surface area (Å²) in [5.41, 5.74) is 2.16. The number of rotatable bonds is 3. The molecule has 0 saturated carbocycles. The second-order valence-electron chi connectivity index (χ2n) is 3.94. The van der Waals surface area contributed by atoms with Crippen LogP contribution in [0.3, 0.4) is 0 Å². The third-order valence-corrected chi connectivity index (χ3v) is 4.06. The molecular weight excluding hydrogens is 380 g/mol. The van der Waals surface area contributed by atoms with E-state index >= 15 is 0 Å². The molecule has 0 saturated heterocycles. The van der Waals surface area contributed by atoms with Crippen LogP contribution in [0.1, 0.15) is 17.2 Å². The van der Waals surface area contributed by atoms with E-state index in [0.29, 0.717) is 5.02 Å². The Morgan fingerprint density at radius 2 is 1.72 bits per heavy atom. The van der Waals surface area contributed by atoms with E-state index in [9.17, 15) is 0 Å². The molecule has 4 heteroatoms. The van der Waals surface area contributed by atoms with Crippen LogP contribution in [0, 0.1) is 3.57 Å². The maximum Gasteiger partial charge on any atom is 0.0589 e. The molecule has 1 nitrogen and oxygen atoms in total. The predicted octanol–water partition coefficient (Wildman–Crippen LogP) is 4.91. The second-order valence-corrected chi connectivity index (χ2v) is 6.03. The first-order chi connectivity index (χ1) is 8.61. The third-order valence-electron chi connectivity index (χ3n) is 2.76. The van der Waals surface area contributed by atoms with Crippen LogP contribution in [0.15, 0.2) is 42.5 Å². The number of nitrogens with one attached hydrogen (secondary N) is 1. The van der Waals surface area contributed by atoms with Crippen molar-refractivity contribution in [3.63, 3.8) is 0 Å². The highest BCUT2D eigenvalue weighted by atomic mass is 127. The van der Waals surface area contributed by atoms with Gasteiger partial charge in [0.15, 0.2) is 0 Å². The van der Waals surface area contributed by atoms with Crippen LogP contribution >= 0.6 is 45.8 Å². The lowest BCUT2D eigenvalue weighted by molar-refractivity contribution is 0.692. The zero-order valence-corrected chi connectivity index (χ0v) is 13.4. The number of halogens is 3. The van der Waals surface area contributed by atoms with Crippen LogP contribution in [0.4, 0.5) is 0 Å². The van der Waals surface area contributed by atoms with E-state index in [4.69, 9.17) is 23.2 Å². The Morgan fingerprint density at radius 1 is 1.06 bits per heavy atom. The van der Waals surface area contributed by atoms with Gasteiger partial charge in [0.2, 0.25) is 0 Å². The summed E-state index contributed by atoms with van der Waals surface area (Å²) in [7, 11) is 1.92. The first-order valence-electron chi connectivity index (χ1n) is 5.49. The van der Waals surface area contributed by atoms with Crippen LogP contribution in [0.5, 0.6) is 0 Å². The van der Waals surface area contributed by atoms with Gasteiger partial charge in [0, 0.05) is 13.6 Å². The standard InChI is InChI=1S/C14H12Cl2IN/c1-18-14(9-2-5-11(17)6-3-9)12-8-10(15)4-7-13(12)16/h2-8,14,18H,1H3. The fourth-order valence-electron chi connectivity index (χ4n) is 1.89. The molecule has 0 radical (unpaired) electrons. The van der Waals surface area contributed by atoms with Crippen LogP contribution in [-0.4, -0.2) is 7.05 Å². The van der Waals surface area contributed by atoms with Gasteiger partial charge in [-0.25, -0.2) is 0 Å². The Hall–Kier alpha value is -0.290. The van der Waals surface area contributed by atoms with Crippen LogP contribution in [0.2, 0.25) is 10.0 Å². The van der Waals surface area contributed by atoms with Gasteiger partial charge < -0.3 is 5.32 Å². The molecule has 2 aromatic carbocycles. The van der Waals surface area contributed by atoms with Crippen molar-refractivity contribution < 1.29 is 0 Å². The van der Waals surface area contributed by atoms with Crippen LogP contribution in [-0.2, 0) is 0 Å². The van der Waals surface area contributed by atoms with Crippen molar-refractivity contribution in [2.75, 3.05) is 7.05 Å². The monoisotopic (exact) mass is 391 g/mol. The highest BCUT2D eigenvalue weighted by molar-refractivity contribution is 14.1. The topological polar surface area (TPSA) is 12.0 Å². The number of hydrogen-bond donors (Lipinski definition) is 1. The SMILES string of the molecule is CNC(c1ccc(I)cc1)c1cc(Cl)ccc1Cl. The van der Waals surface area contributed by atoms with E-state index < -0.39 is 0 Å². The first kappa shape index (κ1) is 14.1. The molecule has 2 rings (SSSR count). The maximum atomic E-state index is 6.25. The minimum Gasteiger partial charge on any atom is -0.309 e. The van der Waals surface area contributed by atoms with Gasteiger partial charge in [-0.1, -0.05) is 35.3 Å². The minimum absolute atomic E-state index is 0.0493. The maximum absolute atomic E-state index is 6.25. The van der Waals surface area contributed by atoms with Gasteiger partial charge in [-0.3, -0.25) is 0 Å². The summed E-state index contributed by atoms with van der Waals surface area (Å²) in [6, 6.07) is 13.9. The predicted molar refractivity (Wildman–Crippen MR) is 86.5 cm³/mol.